The van der Waals surface area contributed by atoms with Gasteiger partial charge < -0.3 is 14.4 Å². The topological polar surface area (TPSA) is 47.3 Å². The molecule has 0 atom stereocenters. The molecule has 0 radical (unpaired) electrons. The van der Waals surface area contributed by atoms with Crippen LogP contribution in [0, 0.1) is 6.92 Å². The number of hydrogen-bond acceptors (Lipinski definition) is 3. The van der Waals surface area contributed by atoms with Crippen LogP contribution < -0.4 is 0 Å². The normalized spacial score (nSPS) is 17.8. The molecule has 0 aliphatic carbocycles. The second kappa shape index (κ2) is 2.88. The van der Waals surface area contributed by atoms with Crippen LogP contribution in [0.3, 0.4) is 0 Å². The average Bonchev–Trinajstić information content (AvgIpc) is 2.29. The molecule has 0 unspecified atom stereocenters. The maximum atomic E-state index is 9.06. The van der Waals surface area contributed by atoms with Gasteiger partial charge in [0.2, 0.25) is 0 Å². The van der Waals surface area contributed by atoms with Crippen molar-refractivity contribution in [3.05, 3.63) is 17.7 Å². The molecule has 0 bridgehead atoms. The lowest BCUT2D eigenvalue weighted by Crippen LogP contribution is -2.31. The van der Waals surface area contributed by atoms with Crippen LogP contribution in [0.4, 0.5) is 0 Å². The number of rotatable bonds is 2. The Morgan fingerprint density at radius 3 is 3.00 bits per heavy atom. The summed E-state index contributed by atoms with van der Waals surface area (Å²) in [5.41, 5.74) is 1.81. The third-order valence-corrected chi connectivity index (χ3v) is 2.27. The van der Waals surface area contributed by atoms with Gasteiger partial charge in [0, 0.05) is 0 Å². The Morgan fingerprint density at radius 1 is 1.75 bits per heavy atom. The number of ether oxygens (including phenoxy) is 1. The molecule has 2 heterocycles. The van der Waals surface area contributed by atoms with Crippen molar-refractivity contribution in [1.29, 1.82) is 0 Å². The summed E-state index contributed by atoms with van der Waals surface area (Å²) < 4.78 is 7.07. The molecule has 1 fully saturated rings. The molecule has 1 aliphatic rings. The number of aliphatic hydroxyl groups is 1. The maximum Gasteiger partial charge on any atom is 0.0956 e. The molecule has 1 aliphatic heterocycles. The fourth-order valence-electron chi connectivity index (χ4n) is 1.37. The van der Waals surface area contributed by atoms with Gasteiger partial charge in [-0.3, -0.25) is 0 Å². The predicted octanol–water partition coefficient (Wildman–Crippen LogP) is 0.255. The maximum absolute atomic E-state index is 9.06. The van der Waals surface area contributed by atoms with E-state index in [1.807, 2.05) is 11.5 Å². The van der Waals surface area contributed by atoms with E-state index in [1.165, 1.54) is 0 Å². The van der Waals surface area contributed by atoms with Crippen LogP contribution >= 0.6 is 0 Å². The quantitative estimate of drug-likeness (QED) is 0.688. The summed E-state index contributed by atoms with van der Waals surface area (Å²) in [6.45, 7) is 3.44. The Balaban J connectivity index is 2.29. The van der Waals surface area contributed by atoms with Crippen molar-refractivity contribution in [3.63, 3.8) is 0 Å². The molecule has 1 N–H and O–H groups in total. The average molecular weight is 168 g/mol. The van der Waals surface area contributed by atoms with Gasteiger partial charge in [0.25, 0.3) is 0 Å². The zero-order valence-corrected chi connectivity index (χ0v) is 7.03. The van der Waals surface area contributed by atoms with Gasteiger partial charge in [-0.25, -0.2) is 4.98 Å². The van der Waals surface area contributed by atoms with Crippen LogP contribution in [0.25, 0.3) is 0 Å². The van der Waals surface area contributed by atoms with Gasteiger partial charge in [-0.1, -0.05) is 0 Å². The van der Waals surface area contributed by atoms with E-state index in [0.29, 0.717) is 6.04 Å². The third-order valence-electron chi connectivity index (χ3n) is 2.27. The summed E-state index contributed by atoms with van der Waals surface area (Å²) in [5.74, 6) is 0. The van der Waals surface area contributed by atoms with Crippen molar-refractivity contribution in [3.8, 4) is 0 Å². The van der Waals surface area contributed by atoms with Crippen LogP contribution in [-0.2, 0) is 11.3 Å². The van der Waals surface area contributed by atoms with E-state index in [9.17, 15) is 0 Å². The SMILES string of the molecule is Cc1ncn(C2COC2)c1CO. The molecule has 0 saturated carbocycles. The highest BCUT2D eigenvalue weighted by atomic mass is 16.5. The molecular weight excluding hydrogens is 156 g/mol. The van der Waals surface area contributed by atoms with E-state index in [-0.39, 0.29) is 6.61 Å². The highest BCUT2D eigenvalue weighted by Crippen LogP contribution is 2.20. The highest BCUT2D eigenvalue weighted by molar-refractivity contribution is 5.11. The van der Waals surface area contributed by atoms with Crippen molar-refractivity contribution in [1.82, 2.24) is 9.55 Å². The van der Waals surface area contributed by atoms with E-state index in [2.05, 4.69) is 4.98 Å². The molecule has 0 amide bonds. The minimum atomic E-state index is 0.0579. The minimum absolute atomic E-state index is 0.0579. The number of imidazole rings is 1. The lowest BCUT2D eigenvalue weighted by Gasteiger charge is -2.28. The lowest BCUT2D eigenvalue weighted by atomic mass is 10.2. The van der Waals surface area contributed by atoms with Gasteiger partial charge in [-0.05, 0) is 6.92 Å². The van der Waals surface area contributed by atoms with E-state index < -0.39 is 0 Å². The molecule has 1 aromatic heterocycles. The fourth-order valence-corrected chi connectivity index (χ4v) is 1.37. The minimum Gasteiger partial charge on any atom is -0.390 e. The summed E-state index contributed by atoms with van der Waals surface area (Å²) >= 11 is 0. The summed E-state index contributed by atoms with van der Waals surface area (Å²) in [7, 11) is 0. The molecule has 2 rings (SSSR count). The number of aliphatic hydroxyl groups excluding tert-OH is 1. The van der Waals surface area contributed by atoms with E-state index in [4.69, 9.17) is 9.84 Å². The van der Waals surface area contributed by atoms with Crippen LogP contribution in [0.5, 0.6) is 0 Å². The second-order valence-electron chi connectivity index (χ2n) is 3.03. The van der Waals surface area contributed by atoms with Gasteiger partial charge in [-0.15, -0.1) is 0 Å². The van der Waals surface area contributed by atoms with E-state index in [0.717, 1.165) is 24.6 Å². The molecule has 4 heteroatoms. The molecule has 4 nitrogen and oxygen atoms in total. The first-order chi connectivity index (χ1) is 5.83. The predicted molar refractivity (Wildman–Crippen MR) is 42.7 cm³/mol. The van der Waals surface area contributed by atoms with Crippen LogP contribution in [0.2, 0.25) is 0 Å². The first-order valence-electron chi connectivity index (χ1n) is 4.04. The largest absolute Gasteiger partial charge is 0.390 e. The van der Waals surface area contributed by atoms with Crippen LogP contribution in [0.15, 0.2) is 6.33 Å². The molecule has 1 saturated heterocycles. The van der Waals surface area contributed by atoms with Crippen molar-refractivity contribution >= 4 is 0 Å². The van der Waals surface area contributed by atoms with Gasteiger partial charge in [0.15, 0.2) is 0 Å². The zero-order chi connectivity index (χ0) is 8.55. The summed E-state index contributed by atoms with van der Waals surface area (Å²) in [6.07, 6.45) is 1.77. The first-order valence-corrected chi connectivity index (χ1v) is 4.04. The van der Waals surface area contributed by atoms with Gasteiger partial charge >= 0.3 is 0 Å². The van der Waals surface area contributed by atoms with Crippen molar-refractivity contribution in [2.45, 2.75) is 19.6 Å². The Labute approximate surface area is 70.8 Å². The first kappa shape index (κ1) is 7.76. The van der Waals surface area contributed by atoms with Crippen molar-refractivity contribution < 1.29 is 9.84 Å². The molecule has 12 heavy (non-hydrogen) atoms. The molecule has 0 spiro atoms. The Hall–Kier alpha value is -0.870. The van der Waals surface area contributed by atoms with Gasteiger partial charge in [0.05, 0.1) is 43.6 Å². The van der Waals surface area contributed by atoms with E-state index >= 15 is 0 Å². The lowest BCUT2D eigenvalue weighted by molar-refractivity contribution is -0.0254. The standard InChI is InChI=1S/C8H12N2O2/c1-6-8(2-11)10(5-9-6)7-3-12-4-7/h5,7,11H,2-4H2,1H3. The van der Waals surface area contributed by atoms with E-state index in [1.54, 1.807) is 6.33 Å². The molecule has 1 aromatic rings. The summed E-state index contributed by atoms with van der Waals surface area (Å²) in [4.78, 5) is 4.14. The second-order valence-corrected chi connectivity index (χ2v) is 3.03. The summed E-state index contributed by atoms with van der Waals surface area (Å²) in [6, 6.07) is 0.383. The number of hydrogen-bond donors (Lipinski definition) is 1. The van der Waals surface area contributed by atoms with Gasteiger partial charge in [-0.2, -0.15) is 0 Å². The Kier molecular flexibility index (Phi) is 1.86. The van der Waals surface area contributed by atoms with Gasteiger partial charge in [0.1, 0.15) is 0 Å². The van der Waals surface area contributed by atoms with Crippen LogP contribution in [0.1, 0.15) is 17.4 Å². The Bertz CT molecular complexity index is 279. The van der Waals surface area contributed by atoms with Crippen molar-refractivity contribution in [2.75, 3.05) is 13.2 Å². The zero-order valence-electron chi connectivity index (χ0n) is 7.03. The Morgan fingerprint density at radius 2 is 2.50 bits per heavy atom. The molecular formula is C8H12N2O2. The highest BCUT2D eigenvalue weighted by Gasteiger charge is 2.22. The fraction of sp³-hybridized carbons (Fsp3) is 0.625. The summed E-state index contributed by atoms with van der Waals surface area (Å²) in [5, 5.41) is 9.06. The monoisotopic (exact) mass is 168 g/mol. The third kappa shape index (κ3) is 1.04. The molecule has 66 valence electrons. The smallest absolute Gasteiger partial charge is 0.0956 e. The number of aromatic nitrogens is 2. The number of nitrogens with zero attached hydrogens (tertiary/aromatic N) is 2. The van der Waals surface area contributed by atoms with Crippen LogP contribution in [-0.4, -0.2) is 27.9 Å². The van der Waals surface area contributed by atoms with Crippen molar-refractivity contribution in [2.24, 2.45) is 0 Å². The molecule has 0 aromatic carbocycles. The number of aryl methyl sites for hydroxylation is 1.